The SMILES string of the molecule is CCN1C(=O)S/C(=C/c2cccn2-c2ccc(C)cc2C)C1=O. The van der Waals surface area contributed by atoms with Gasteiger partial charge >= 0.3 is 0 Å². The maximum Gasteiger partial charge on any atom is 0.293 e. The van der Waals surface area contributed by atoms with Crippen molar-refractivity contribution < 1.29 is 9.59 Å². The third kappa shape index (κ3) is 2.84. The fourth-order valence-electron chi connectivity index (χ4n) is 2.71. The Morgan fingerprint density at radius 1 is 1.17 bits per heavy atom. The summed E-state index contributed by atoms with van der Waals surface area (Å²) in [6.45, 7) is 6.34. The zero-order valence-electron chi connectivity index (χ0n) is 13.4. The summed E-state index contributed by atoms with van der Waals surface area (Å²) in [6, 6.07) is 10.1. The van der Waals surface area contributed by atoms with Crippen LogP contribution in [-0.4, -0.2) is 27.2 Å². The van der Waals surface area contributed by atoms with E-state index in [1.54, 1.807) is 13.0 Å². The van der Waals surface area contributed by atoms with Gasteiger partial charge in [-0.05, 0) is 62.4 Å². The van der Waals surface area contributed by atoms with Crippen LogP contribution < -0.4 is 0 Å². The molecule has 0 aliphatic carbocycles. The van der Waals surface area contributed by atoms with E-state index in [1.165, 1.54) is 10.5 Å². The summed E-state index contributed by atoms with van der Waals surface area (Å²) in [4.78, 5) is 25.8. The van der Waals surface area contributed by atoms with Crippen molar-refractivity contribution in [2.24, 2.45) is 0 Å². The van der Waals surface area contributed by atoms with Gasteiger partial charge in [0.15, 0.2) is 0 Å². The van der Waals surface area contributed by atoms with Gasteiger partial charge in [0.2, 0.25) is 0 Å². The molecule has 1 saturated heterocycles. The molecule has 2 amide bonds. The number of imide groups is 1. The molecule has 0 unspecified atom stereocenters. The highest BCUT2D eigenvalue weighted by atomic mass is 32.2. The molecule has 3 rings (SSSR count). The Labute approximate surface area is 139 Å². The van der Waals surface area contributed by atoms with Crippen LogP contribution in [0.1, 0.15) is 23.7 Å². The summed E-state index contributed by atoms with van der Waals surface area (Å²) >= 11 is 1.00. The molecule has 1 fully saturated rings. The maximum absolute atomic E-state index is 12.2. The number of thioether (sulfide) groups is 1. The van der Waals surface area contributed by atoms with Gasteiger partial charge in [0.1, 0.15) is 0 Å². The van der Waals surface area contributed by atoms with E-state index in [4.69, 9.17) is 0 Å². The van der Waals surface area contributed by atoms with Crippen LogP contribution in [0, 0.1) is 13.8 Å². The van der Waals surface area contributed by atoms with Crippen LogP contribution in [-0.2, 0) is 4.79 Å². The number of nitrogens with zero attached hydrogens (tertiary/aromatic N) is 2. The minimum atomic E-state index is -0.212. The maximum atomic E-state index is 12.2. The summed E-state index contributed by atoms with van der Waals surface area (Å²) < 4.78 is 2.04. The smallest absolute Gasteiger partial charge is 0.293 e. The molecule has 4 nitrogen and oxygen atoms in total. The van der Waals surface area contributed by atoms with Gasteiger partial charge in [-0.1, -0.05) is 17.7 Å². The molecule has 5 heteroatoms. The third-order valence-corrected chi connectivity index (χ3v) is 4.77. The van der Waals surface area contributed by atoms with E-state index in [9.17, 15) is 9.59 Å². The normalized spacial score (nSPS) is 16.7. The molecule has 2 heterocycles. The highest BCUT2D eigenvalue weighted by molar-refractivity contribution is 8.18. The van der Waals surface area contributed by atoms with Crippen LogP contribution in [0.15, 0.2) is 41.4 Å². The molecule has 1 aromatic carbocycles. The highest BCUT2D eigenvalue weighted by Gasteiger charge is 2.33. The molecule has 0 N–H and O–H groups in total. The van der Waals surface area contributed by atoms with Crippen LogP contribution in [0.4, 0.5) is 4.79 Å². The fourth-order valence-corrected chi connectivity index (χ4v) is 3.60. The molecular weight excluding hydrogens is 308 g/mol. The van der Waals surface area contributed by atoms with Gasteiger partial charge in [-0.15, -0.1) is 0 Å². The standard InChI is InChI=1S/C18H18N2O2S/c1-4-19-17(21)16(23-18(19)22)11-14-6-5-9-20(14)15-8-7-12(2)10-13(15)3/h5-11H,4H2,1-3H3/b16-11+. The molecule has 0 atom stereocenters. The van der Waals surface area contributed by atoms with E-state index in [2.05, 4.69) is 32.0 Å². The summed E-state index contributed by atoms with van der Waals surface area (Å²) in [5.41, 5.74) is 4.33. The second-order valence-corrected chi connectivity index (χ2v) is 6.51. The number of rotatable bonds is 3. The molecule has 1 aliphatic heterocycles. The number of hydrogen-bond acceptors (Lipinski definition) is 3. The lowest BCUT2D eigenvalue weighted by atomic mass is 10.1. The van der Waals surface area contributed by atoms with Crippen molar-refractivity contribution in [1.29, 1.82) is 0 Å². The van der Waals surface area contributed by atoms with Crippen LogP contribution in [0.25, 0.3) is 11.8 Å². The second kappa shape index (κ2) is 6.08. The quantitative estimate of drug-likeness (QED) is 0.796. The molecule has 0 saturated carbocycles. The Bertz CT molecular complexity index is 820. The molecule has 0 radical (unpaired) electrons. The summed E-state index contributed by atoms with van der Waals surface area (Å²) in [5.74, 6) is -0.212. The van der Waals surface area contributed by atoms with E-state index < -0.39 is 0 Å². The molecule has 0 bridgehead atoms. The molecule has 0 spiro atoms. The summed E-state index contributed by atoms with van der Waals surface area (Å²) in [5, 5.41) is -0.201. The van der Waals surface area contributed by atoms with E-state index >= 15 is 0 Å². The third-order valence-electron chi connectivity index (χ3n) is 3.86. The van der Waals surface area contributed by atoms with Gasteiger partial charge < -0.3 is 4.57 Å². The Morgan fingerprint density at radius 3 is 2.61 bits per heavy atom. The first-order valence-corrected chi connectivity index (χ1v) is 8.33. The van der Waals surface area contributed by atoms with Gasteiger partial charge in [-0.2, -0.15) is 0 Å². The topological polar surface area (TPSA) is 42.3 Å². The molecule has 23 heavy (non-hydrogen) atoms. The first-order chi connectivity index (χ1) is 11.0. The lowest BCUT2D eigenvalue weighted by Gasteiger charge is -2.11. The van der Waals surface area contributed by atoms with E-state index in [-0.39, 0.29) is 11.1 Å². The summed E-state index contributed by atoms with van der Waals surface area (Å²) in [6.07, 6.45) is 3.76. The predicted molar refractivity (Wildman–Crippen MR) is 93.6 cm³/mol. The van der Waals surface area contributed by atoms with Crippen molar-refractivity contribution in [3.63, 3.8) is 0 Å². The number of carbonyl (C=O) groups is 2. The number of carbonyl (C=O) groups excluding carboxylic acids is 2. The van der Waals surface area contributed by atoms with Crippen LogP contribution in [0.3, 0.4) is 0 Å². The fraction of sp³-hybridized carbons (Fsp3) is 0.222. The summed E-state index contributed by atoms with van der Waals surface area (Å²) in [7, 11) is 0. The lowest BCUT2D eigenvalue weighted by molar-refractivity contribution is -0.122. The zero-order chi connectivity index (χ0) is 16.6. The minimum absolute atomic E-state index is 0.201. The van der Waals surface area contributed by atoms with E-state index in [1.807, 2.05) is 22.9 Å². The van der Waals surface area contributed by atoms with Gasteiger partial charge in [0.25, 0.3) is 11.1 Å². The average molecular weight is 326 g/mol. The van der Waals surface area contributed by atoms with Crippen LogP contribution in [0.5, 0.6) is 0 Å². The number of aryl methyl sites for hydroxylation is 2. The van der Waals surface area contributed by atoms with Gasteiger partial charge in [-0.3, -0.25) is 14.5 Å². The van der Waals surface area contributed by atoms with Crippen molar-refractivity contribution in [3.05, 3.63) is 58.3 Å². The molecular formula is C18H18N2O2S. The van der Waals surface area contributed by atoms with Crippen molar-refractivity contribution in [2.75, 3.05) is 6.54 Å². The second-order valence-electron chi connectivity index (χ2n) is 5.52. The Balaban J connectivity index is 2.01. The number of likely N-dealkylation sites (N-methyl/N-ethyl adjacent to an activating group) is 1. The van der Waals surface area contributed by atoms with E-state index in [0.717, 1.165) is 28.7 Å². The molecule has 2 aromatic rings. The average Bonchev–Trinajstić information content (AvgIpc) is 3.05. The van der Waals surface area contributed by atoms with Crippen LogP contribution >= 0.6 is 11.8 Å². The first-order valence-electron chi connectivity index (χ1n) is 7.51. The van der Waals surface area contributed by atoms with Crippen LogP contribution in [0.2, 0.25) is 0 Å². The number of aromatic nitrogens is 1. The molecule has 118 valence electrons. The minimum Gasteiger partial charge on any atom is -0.317 e. The zero-order valence-corrected chi connectivity index (χ0v) is 14.2. The van der Waals surface area contributed by atoms with Crippen molar-refractivity contribution in [2.45, 2.75) is 20.8 Å². The Morgan fingerprint density at radius 2 is 1.96 bits per heavy atom. The number of benzene rings is 1. The molecule has 1 aromatic heterocycles. The largest absolute Gasteiger partial charge is 0.317 e. The Kier molecular flexibility index (Phi) is 4.13. The Hall–Kier alpha value is -2.27. The highest BCUT2D eigenvalue weighted by Crippen LogP contribution is 2.32. The monoisotopic (exact) mass is 326 g/mol. The van der Waals surface area contributed by atoms with Crippen molar-refractivity contribution in [1.82, 2.24) is 9.47 Å². The first kappa shape index (κ1) is 15.6. The predicted octanol–water partition coefficient (Wildman–Crippen LogP) is 4.15. The lowest BCUT2D eigenvalue weighted by Crippen LogP contribution is -2.27. The van der Waals surface area contributed by atoms with Gasteiger partial charge in [0, 0.05) is 24.1 Å². The van der Waals surface area contributed by atoms with Gasteiger partial charge in [0.05, 0.1) is 4.91 Å². The van der Waals surface area contributed by atoms with Crippen molar-refractivity contribution in [3.8, 4) is 5.69 Å². The molecule has 1 aliphatic rings. The van der Waals surface area contributed by atoms with E-state index in [0.29, 0.717) is 11.4 Å². The van der Waals surface area contributed by atoms with Gasteiger partial charge in [-0.25, -0.2) is 0 Å². The number of hydrogen-bond donors (Lipinski definition) is 0. The number of amides is 2. The van der Waals surface area contributed by atoms with Crippen molar-refractivity contribution >= 4 is 29.0 Å².